The maximum absolute atomic E-state index is 11.0. The standard InChI is InChI=1S/C12H11NO3/c1-7-4-3-5-9(6-7)11-10(12(14)15)8(2)16-13-11/h3-6H,1-2H3,(H,14,15)/p-1. The maximum atomic E-state index is 11.0. The van der Waals surface area contributed by atoms with Crippen molar-refractivity contribution in [3.63, 3.8) is 0 Å². The summed E-state index contributed by atoms with van der Waals surface area (Å²) < 4.78 is 4.88. The molecule has 16 heavy (non-hydrogen) atoms. The molecule has 1 heterocycles. The summed E-state index contributed by atoms with van der Waals surface area (Å²) in [6.07, 6.45) is 0. The van der Waals surface area contributed by atoms with Crippen LogP contribution in [0.2, 0.25) is 0 Å². The number of carbonyl (C=O) groups is 1. The van der Waals surface area contributed by atoms with Crippen LogP contribution in [0.15, 0.2) is 28.8 Å². The highest BCUT2D eigenvalue weighted by Gasteiger charge is 2.15. The van der Waals surface area contributed by atoms with Gasteiger partial charge in [-0.25, -0.2) is 0 Å². The molecular formula is C12H10NO3-. The Morgan fingerprint density at radius 2 is 2.12 bits per heavy atom. The Morgan fingerprint density at radius 3 is 2.75 bits per heavy atom. The first-order valence-corrected chi connectivity index (χ1v) is 4.84. The Labute approximate surface area is 92.5 Å². The molecular weight excluding hydrogens is 206 g/mol. The van der Waals surface area contributed by atoms with E-state index >= 15 is 0 Å². The molecule has 4 heteroatoms. The summed E-state index contributed by atoms with van der Waals surface area (Å²) in [5.41, 5.74) is 2.09. The molecule has 0 unspecified atom stereocenters. The second kappa shape index (κ2) is 3.81. The number of aromatic carboxylic acids is 1. The molecule has 0 atom stereocenters. The molecule has 0 N–H and O–H groups in total. The van der Waals surface area contributed by atoms with Crippen molar-refractivity contribution in [2.45, 2.75) is 13.8 Å². The second-order valence-electron chi connectivity index (χ2n) is 3.62. The minimum atomic E-state index is -1.27. The lowest BCUT2D eigenvalue weighted by Crippen LogP contribution is -2.23. The number of hydrogen-bond donors (Lipinski definition) is 0. The van der Waals surface area contributed by atoms with Gasteiger partial charge in [0.1, 0.15) is 11.5 Å². The smallest absolute Gasteiger partial charge is 0.143 e. The molecule has 0 aliphatic rings. The van der Waals surface area contributed by atoms with Crippen molar-refractivity contribution >= 4 is 5.97 Å². The molecule has 0 saturated heterocycles. The van der Waals surface area contributed by atoms with Crippen LogP contribution in [-0.2, 0) is 0 Å². The third kappa shape index (κ3) is 1.69. The number of rotatable bonds is 2. The molecule has 4 nitrogen and oxygen atoms in total. The summed E-state index contributed by atoms with van der Waals surface area (Å²) in [4.78, 5) is 11.0. The zero-order chi connectivity index (χ0) is 11.7. The predicted molar refractivity (Wildman–Crippen MR) is 55.7 cm³/mol. The Bertz CT molecular complexity index is 543. The van der Waals surface area contributed by atoms with Crippen LogP contribution in [0.3, 0.4) is 0 Å². The molecule has 0 fully saturated rings. The SMILES string of the molecule is Cc1cccc(-c2noc(C)c2C(=O)[O-])c1. The lowest BCUT2D eigenvalue weighted by Gasteiger charge is -2.03. The van der Waals surface area contributed by atoms with E-state index in [1.54, 1.807) is 13.0 Å². The maximum Gasteiger partial charge on any atom is 0.143 e. The zero-order valence-corrected chi connectivity index (χ0v) is 8.98. The highest BCUT2D eigenvalue weighted by Crippen LogP contribution is 2.25. The van der Waals surface area contributed by atoms with Crippen molar-refractivity contribution < 1.29 is 14.4 Å². The highest BCUT2D eigenvalue weighted by atomic mass is 16.5. The number of nitrogens with zero attached hydrogens (tertiary/aromatic N) is 1. The average Bonchev–Trinajstić information content (AvgIpc) is 2.60. The van der Waals surface area contributed by atoms with Gasteiger partial charge in [-0.2, -0.15) is 0 Å². The van der Waals surface area contributed by atoms with E-state index in [0.29, 0.717) is 5.69 Å². The van der Waals surface area contributed by atoms with E-state index in [4.69, 9.17) is 4.52 Å². The van der Waals surface area contributed by atoms with E-state index in [0.717, 1.165) is 11.1 Å². The summed E-state index contributed by atoms with van der Waals surface area (Å²) in [5.74, 6) is -1.01. The van der Waals surface area contributed by atoms with Gasteiger partial charge in [-0.05, 0) is 19.9 Å². The first-order valence-electron chi connectivity index (χ1n) is 4.84. The molecule has 2 aromatic rings. The van der Waals surface area contributed by atoms with Gasteiger partial charge in [0.25, 0.3) is 0 Å². The molecule has 0 amide bonds. The first-order chi connectivity index (χ1) is 7.59. The summed E-state index contributed by atoms with van der Waals surface area (Å²) in [5, 5.41) is 14.7. The Morgan fingerprint density at radius 1 is 1.38 bits per heavy atom. The van der Waals surface area contributed by atoms with Crippen LogP contribution in [0.5, 0.6) is 0 Å². The van der Waals surface area contributed by atoms with Gasteiger partial charge in [0, 0.05) is 5.56 Å². The fourth-order valence-corrected chi connectivity index (χ4v) is 1.60. The molecule has 2 rings (SSSR count). The van der Waals surface area contributed by atoms with Crippen molar-refractivity contribution in [3.05, 3.63) is 41.2 Å². The fraction of sp³-hybridized carbons (Fsp3) is 0.167. The summed E-state index contributed by atoms with van der Waals surface area (Å²) >= 11 is 0. The van der Waals surface area contributed by atoms with Crippen molar-refractivity contribution in [3.8, 4) is 11.3 Å². The number of aromatic nitrogens is 1. The third-order valence-electron chi connectivity index (χ3n) is 2.36. The number of carboxylic acid groups (broad SMARTS) is 1. The molecule has 1 aromatic heterocycles. The number of carbonyl (C=O) groups excluding carboxylic acids is 1. The van der Waals surface area contributed by atoms with E-state index in [2.05, 4.69) is 5.16 Å². The lowest BCUT2D eigenvalue weighted by atomic mass is 10.0. The van der Waals surface area contributed by atoms with Crippen LogP contribution in [-0.4, -0.2) is 11.1 Å². The molecule has 0 aliphatic heterocycles. The van der Waals surface area contributed by atoms with Crippen LogP contribution < -0.4 is 5.11 Å². The number of benzene rings is 1. The lowest BCUT2D eigenvalue weighted by molar-refractivity contribution is -0.255. The van der Waals surface area contributed by atoms with E-state index in [1.165, 1.54) is 0 Å². The monoisotopic (exact) mass is 216 g/mol. The Hall–Kier alpha value is -2.10. The van der Waals surface area contributed by atoms with Gasteiger partial charge in [-0.1, -0.05) is 28.9 Å². The van der Waals surface area contributed by atoms with Gasteiger partial charge in [-0.3, -0.25) is 0 Å². The average molecular weight is 216 g/mol. The Balaban J connectivity index is 2.60. The van der Waals surface area contributed by atoms with Crippen molar-refractivity contribution in [1.29, 1.82) is 0 Å². The van der Waals surface area contributed by atoms with Gasteiger partial charge in [0.15, 0.2) is 0 Å². The van der Waals surface area contributed by atoms with Crippen LogP contribution in [0.1, 0.15) is 21.7 Å². The molecule has 0 saturated carbocycles. The molecule has 0 spiro atoms. The van der Waals surface area contributed by atoms with Gasteiger partial charge < -0.3 is 14.4 Å². The van der Waals surface area contributed by atoms with Crippen LogP contribution in [0.25, 0.3) is 11.3 Å². The molecule has 0 bridgehead atoms. The Kier molecular flexibility index (Phi) is 2.48. The van der Waals surface area contributed by atoms with Crippen molar-refractivity contribution in [1.82, 2.24) is 5.16 Å². The number of aryl methyl sites for hydroxylation is 2. The molecule has 1 aromatic carbocycles. The number of hydrogen-bond acceptors (Lipinski definition) is 4. The molecule has 0 radical (unpaired) electrons. The number of carboxylic acids is 1. The molecule has 0 aliphatic carbocycles. The topological polar surface area (TPSA) is 66.2 Å². The van der Waals surface area contributed by atoms with E-state index in [1.807, 2.05) is 25.1 Å². The summed E-state index contributed by atoms with van der Waals surface area (Å²) in [6.45, 7) is 3.48. The van der Waals surface area contributed by atoms with Crippen LogP contribution >= 0.6 is 0 Å². The van der Waals surface area contributed by atoms with Crippen LogP contribution in [0, 0.1) is 13.8 Å². The fourth-order valence-electron chi connectivity index (χ4n) is 1.60. The van der Waals surface area contributed by atoms with Gasteiger partial charge in [0.05, 0.1) is 11.5 Å². The minimum Gasteiger partial charge on any atom is -0.545 e. The van der Waals surface area contributed by atoms with Crippen molar-refractivity contribution in [2.75, 3.05) is 0 Å². The predicted octanol–water partition coefficient (Wildman–Crippen LogP) is 1.32. The van der Waals surface area contributed by atoms with Gasteiger partial charge >= 0.3 is 0 Å². The summed E-state index contributed by atoms with van der Waals surface area (Å²) in [6, 6.07) is 7.41. The van der Waals surface area contributed by atoms with Crippen molar-refractivity contribution in [2.24, 2.45) is 0 Å². The normalized spacial score (nSPS) is 10.4. The van der Waals surface area contributed by atoms with Gasteiger partial charge in [0.2, 0.25) is 0 Å². The van der Waals surface area contributed by atoms with E-state index < -0.39 is 5.97 Å². The van der Waals surface area contributed by atoms with E-state index in [9.17, 15) is 9.90 Å². The third-order valence-corrected chi connectivity index (χ3v) is 2.36. The summed E-state index contributed by atoms with van der Waals surface area (Å²) in [7, 11) is 0. The zero-order valence-electron chi connectivity index (χ0n) is 8.98. The molecule has 82 valence electrons. The minimum absolute atomic E-state index is 0.0191. The van der Waals surface area contributed by atoms with Crippen LogP contribution in [0.4, 0.5) is 0 Å². The van der Waals surface area contributed by atoms with E-state index in [-0.39, 0.29) is 11.3 Å². The van der Waals surface area contributed by atoms with Gasteiger partial charge in [-0.15, -0.1) is 0 Å². The first kappa shape index (κ1) is 10.4. The second-order valence-corrected chi connectivity index (χ2v) is 3.62. The largest absolute Gasteiger partial charge is 0.545 e. The highest BCUT2D eigenvalue weighted by molar-refractivity contribution is 5.94. The quantitative estimate of drug-likeness (QED) is 0.759.